The van der Waals surface area contributed by atoms with Crippen LogP contribution in [0.4, 0.5) is 5.69 Å². The lowest BCUT2D eigenvalue weighted by Gasteiger charge is -1.99. The van der Waals surface area contributed by atoms with Crippen molar-refractivity contribution in [2.75, 3.05) is 5.73 Å². The maximum Gasteiger partial charge on any atom is 0.226 e. The molecular weight excluding hydrogens is 264 g/mol. The minimum atomic E-state index is 0.654. The van der Waals surface area contributed by atoms with Crippen molar-refractivity contribution in [2.45, 2.75) is 19.3 Å². The molecule has 0 fully saturated rings. The van der Waals surface area contributed by atoms with Crippen molar-refractivity contribution in [3.8, 4) is 0 Å². The van der Waals surface area contributed by atoms with E-state index in [1.54, 1.807) is 12.4 Å². The van der Waals surface area contributed by atoms with Crippen LogP contribution in [-0.4, -0.2) is 15.1 Å². The van der Waals surface area contributed by atoms with Crippen molar-refractivity contribution in [3.63, 3.8) is 0 Å². The van der Waals surface area contributed by atoms with Gasteiger partial charge in [0.05, 0.1) is 0 Å². The van der Waals surface area contributed by atoms with Crippen LogP contribution in [0, 0.1) is 0 Å². The van der Waals surface area contributed by atoms with E-state index in [2.05, 4.69) is 15.1 Å². The highest BCUT2D eigenvalue weighted by Crippen LogP contribution is 2.11. The number of hydrogen-bond acceptors (Lipinski definition) is 5. The molecule has 0 saturated carbocycles. The molecule has 3 aromatic rings. The van der Waals surface area contributed by atoms with Crippen LogP contribution in [0.1, 0.15) is 22.8 Å². The molecule has 2 N–H and O–H groups in total. The van der Waals surface area contributed by atoms with E-state index >= 15 is 0 Å². The number of nitrogens with two attached hydrogens (primary N) is 1. The third-order valence-electron chi connectivity index (χ3n) is 3.20. The van der Waals surface area contributed by atoms with E-state index in [9.17, 15) is 0 Å². The van der Waals surface area contributed by atoms with Crippen LogP contribution in [0.25, 0.3) is 0 Å². The van der Waals surface area contributed by atoms with Crippen molar-refractivity contribution in [2.24, 2.45) is 0 Å². The molecule has 0 unspecified atom stereocenters. The van der Waals surface area contributed by atoms with Crippen molar-refractivity contribution in [1.29, 1.82) is 0 Å². The number of rotatable bonds is 5. The van der Waals surface area contributed by atoms with Crippen molar-refractivity contribution < 1.29 is 4.52 Å². The summed E-state index contributed by atoms with van der Waals surface area (Å²) in [5.41, 5.74) is 8.82. The van der Waals surface area contributed by atoms with Crippen LogP contribution in [0.3, 0.4) is 0 Å². The highest BCUT2D eigenvalue weighted by Gasteiger charge is 2.07. The average Bonchev–Trinajstić information content (AvgIpc) is 2.94. The zero-order chi connectivity index (χ0) is 14.5. The van der Waals surface area contributed by atoms with Gasteiger partial charge in [0.1, 0.15) is 0 Å². The molecule has 0 aliphatic carbocycles. The van der Waals surface area contributed by atoms with Crippen LogP contribution in [0.5, 0.6) is 0 Å². The number of pyridine rings is 1. The van der Waals surface area contributed by atoms with Gasteiger partial charge in [0.25, 0.3) is 0 Å². The van der Waals surface area contributed by atoms with Gasteiger partial charge >= 0.3 is 0 Å². The predicted octanol–water partition coefficient (Wildman–Crippen LogP) is 2.42. The number of aromatic nitrogens is 3. The summed E-state index contributed by atoms with van der Waals surface area (Å²) in [6.07, 6.45) is 5.73. The molecule has 0 aliphatic heterocycles. The van der Waals surface area contributed by atoms with Gasteiger partial charge in [0.15, 0.2) is 5.82 Å². The standard InChI is InChI=1S/C16H16N4O/c17-14-3-1-2-12(10-14)4-5-16-19-15(20-21-16)11-13-6-8-18-9-7-13/h1-3,6-10H,4-5,11,17H2. The number of aryl methyl sites for hydroxylation is 2. The lowest BCUT2D eigenvalue weighted by molar-refractivity contribution is 0.374. The second kappa shape index (κ2) is 6.17. The Morgan fingerprint density at radius 3 is 2.67 bits per heavy atom. The molecule has 5 heteroatoms. The van der Waals surface area contributed by atoms with Gasteiger partial charge in [-0.25, -0.2) is 0 Å². The molecule has 0 spiro atoms. The first-order valence-corrected chi connectivity index (χ1v) is 6.84. The molecule has 0 atom stereocenters. The molecule has 2 heterocycles. The summed E-state index contributed by atoms with van der Waals surface area (Å²) in [5, 5.41) is 4.01. The molecule has 1 aromatic carbocycles. The second-order valence-electron chi connectivity index (χ2n) is 4.88. The zero-order valence-electron chi connectivity index (χ0n) is 11.6. The van der Waals surface area contributed by atoms with E-state index in [1.165, 1.54) is 5.56 Å². The predicted molar refractivity (Wildman–Crippen MR) is 79.6 cm³/mol. The summed E-state index contributed by atoms with van der Waals surface area (Å²) in [4.78, 5) is 8.40. The maximum atomic E-state index is 5.76. The minimum Gasteiger partial charge on any atom is -0.399 e. The number of anilines is 1. The van der Waals surface area contributed by atoms with Gasteiger partial charge in [-0.05, 0) is 41.8 Å². The first kappa shape index (κ1) is 13.3. The second-order valence-corrected chi connectivity index (χ2v) is 4.88. The van der Waals surface area contributed by atoms with Gasteiger partial charge in [0.2, 0.25) is 5.89 Å². The lowest BCUT2D eigenvalue weighted by atomic mass is 10.1. The van der Waals surface area contributed by atoms with E-state index in [0.717, 1.165) is 17.7 Å². The molecule has 0 bridgehead atoms. The Balaban J connectivity index is 1.60. The summed E-state index contributed by atoms with van der Waals surface area (Å²) in [6.45, 7) is 0. The van der Waals surface area contributed by atoms with Crippen LogP contribution < -0.4 is 5.73 Å². The number of nitrogen functional groups attached to an aromatic ring is 1. The molecule has 0 aliphatic rings. The minimum absolute atomic E-state index is 0.654. The zero-order valence-corrected chi connectivity index (χ0v) is 11.6. The van der Waals surface area contributed by atoms with E-state index in [4.69, 9.17) is 10.3 Å². The summed E-state index contributed by atoms with van der Waals surface area (Å²) in [5.74, 6) is 1.35. The monoisotopic (exact) mass is 280 g/mol. The SMILES string of the molecule is Nc1cccc(CCc2nc(Cc3ccncc3)no2)c1. The molecule has 0 saturated heterocycles. The van der Waals surface area contributed by atoms with Gasteiger partial charge in [0, 0.05) is 30.9 Å². The number of hydrogen-bond donors (Lipinski definition) is 1. The molecule has 0 amide bonds. The Hall–Kier alpha value is -2.69. The normalized spacial score (nSPS) is 10.7. The van der Waals surface area contributed by atoms with Gasteiger partial charge in [-0.1, -0.05) is 17.3 Å². The van der Waals surface area contributed by atoms with E-state index in [-0.39, 0.29) is 0 Å². The Morgan fingerprint density at radius 1 is 1.00 bits per heavy atom. The molecule has 106 valence electrons. The Labute approximate surface area is 122 Å². The third-order valence-corrected chi connectivity index (χ3v) is 3.20. The topological polar surface area (TPSA) is 77.8 Å². The van der Waals surface area contributed by atoms with Crippen LogP contribution in [-0.2, 0) is 19.3 Å². The Kier molecular flexibility index (Phi) is 3.91. The van der Waals surface area contributed by atoms with Crippen LogP contribution >= 0.6 is 0 Å². The molecule has 0 radical (unpaired) electrons. The highest BCUT2D eigenvalue weighted by molar-refractivity contribution is 5.40. The molecule has 5 nitrogen and oxygen atoms in total. The summed E-state index contributed by atoms with van der Waals surface area (Å²) in [7, 11) is 0. The van der Waals surface area contributed by atoms with E-state index in [0.29, 0.717) is 24.6 Å². The molecular formula is C16H16N4O. The Bertz CT molecular complexity index is 709. The van der Waals surface area contributed by atoms with E-state index < -0.39 is 0 Å². The van der Waals surface area contributed by atoms with Crippen LogP contribution in [0.15, 0.2) is 53.3 Å². The van der Waals surface area contributed by atoms with Crippen molar-refractivity contribution in [3.05, 3.63) is 71.6 Å². The van der Waals surface area contributed by atoms with Gasteiger partial charge < -0.3 is 10.3 Å². The average molecular weight is 280 g/mol. The largest absolute Gasteiger partial charge is 0.399 e. The van der Waals surface area contributed by atoms with Crippen molar-refractivity contribution >= 4 is 5.69 Å². The Morgan fingerprint density at radius 2 is 1.86 bits per heavy atom. The smallest absolute Gasteiger partial charge is 0.226 e. The summed E-state index contributed by atoms with van der Waals surface area (Å²) >= 11 is 0. The molecule has 21 heavy (non-hydrogen) atoms. The molecule has 3 rings (SSSR count). The van der Waals surface area contributed by atoms with E-state index in [1.807, 2.05) is 36.4 Å². The third kappa shape index (κ3) is 3.66. The summed E-state index contributed by atoms with van der Waals surface area (Å²) in [6, 6.07) is 11.7. The lowest BCUT2D eigenvalue weighted by Crippen LogP contribution is -1.95. The first-order chi connectivity index (χ1) is 10.3. The van der Waals surface area contributed by atoms with Gasteiger partial charge in [-0.3, -0.25) is 4.98 Å². The fraction of sp³-hybridized carbons (Fsp3) is 0.188. The molecule has 2 aromatic heterocycles. The van der Waals surface area contributed by atoms with Crippen LogP contribution in [0.2, 0.25) is 0 Å². The van der Waals surface area contributed by atoms with Gasteiger partial charge in [-0.2, -0.15) is 4.98 Å². The van der Waals surface area contributed by atoms with Crippen molar-refractivity contribution in [1.82, 2.24) is 15.1 Å². The van der Waals surface area contributed by atoms with Gasteiger partial charge in [-0.15, -0.1) is 0 Å². The maximum absolute atomic E-state index is 5.76. The fourth-order valence-corrected chi connectivity index (χ4v) is 2.15. The highest BCUT2D eigenvalue weighted by atomic mass is 16.5. The summed E-state index contributed by atoms with van der Waals surface area (Å²) < 4.78 is 5.28. The first-order valence-electron chi connectivity index (χ1n) is 6.84. The quantitative estimate of drug-likeness (QED) is 0.726. The number of benzene rings is 1. The number of nitrogens with zero attached hydrogens (tertiary/aromatic N) is 3. The fourth-order valence-electron chi connectivity index (χ4n) is 2.15.